The molecule has 0 atom stereocenters. The monoisotopic (exact) mass is 314 g/mol. The first-order chi connectivity index (χ1) is 10.3. The first-order valence-electron chi connectivity index (χ1n) is 7.42. The van der Waals surface area contributed by atoms with Crippen LogP contribution < -0.4 is 0 Å². The summed E-state index contributed by atoms with van der Waals surface area (Å²) in [4.78, 5) is 4.73. The standard InChI is InChI=1S/C17H18N2S2/c18-10-13-5-4-6-14(9-13)16-11-21-17(19-16)12-20-15-7-2-1-3-8-15/h4-6,9,11,15H,1-3,7-8,12H2. The van der Waals surface area contributed by atoms with E-state index in [1.165, 1.54) is 37.1 Å². The van der Waals surface area contributed by atoms with Gasteiger partial charge in [0.25, 0.3) is 0 Å². The Hall–Kier alpha value is -1.31. The van der Waals surface area contributed by atoms with Crippen molar-refractivity contribution in [1.82, 2.24) is 4.98 Å². The topological polar surface area (TPSA) is 36.7 Å². The molecule has 1 aromatic heterocycles. The SMILES string of the molecule is N#Cc1cccc(-c2csc(CSC3CCCCC3)n2)c1. The highest BCUT2D eigenvalue weighted by Gasteiger charge is 2.14. The number of thiazole rings is 1. The highest BCUT2D eigenvalue weighted by Crippen LogP contribution is 2.32. The van der Waals surface area contributed by atoms with Crippen molar-refractivity contribution in [3.8, 4) is 17.3 Å². The van der Waals surface area contributed by atoms with Crippen LogP contribution in [0.2, 0.25) is 0 Å². The molecule has 2 aromatic rings. The van der Waals surface area contributed by atoms with E-state index in [1.807, 2.05) is 24.3 Å². The van der Waals surface area contributed by atoms with Gasteiger partial charge in [-0.2, -0.15) is 17.0 Å². The fourth-order valence-electron chi connectivity index (χ4n) is 2.68. The lowest BCUT2D eigenvalue weighted by Crippen LogP contribution is -2.08. The molecule has 0 aliphatic heterocycles. The number of nitrogens with zero attached hydrogens (tertiary/aromatic N) is 2. The summed E-state index contributed by atoms with van der Waals surface area (Å²) in [5.74, 6) is 1.02. The van der Waals surface area contributed by atoms with Crippen molar-refractivity contribution in [3.05, 3.63) is 40.2 Å². The number of rotatable bonds is 4. The summed E-state index contributed by atoms with van der Waals surface area (Å²) in [6, 6.07) is 9.86. The quantitative estimate of drug-likeness (QED) is 0.773. The highest BCUT2D eigenvalue weighted by atomic mass is 32.2. The minimum Gasteiger partial charge on any atom is -0.240 e. The summed E-state index contributed by atoms with van der Waals surface area (Å²) in [6.07, 6.45) is 6.93. The van der Waals surface area contributed by atoms with E-state index in [0.29, 0.717) is 5.56 Å². The highest BCUT2D eigenvalue weighted by molar-refractivity contribution is 7.99. The smallest absolute Gasteiger partial charge is 0.103 e. The normalized spacial score (nSPS) is 15.8. The van der Waals surface area contributed by atoms with Gasteiger partial charge in [0.1, 0.15) is 5.01 Å². The van der Waals surface area contributed by atoms with Crippen LogP contribution in [-0.2, 0) is 5.75 Å². The molecule has 0 spiro atoms. The number of aromatic nitrogens is 1. The molecule has 0 unspecified atom stereocenters. The van der Waals surface area contributed by atoms with Crippen molar-refractivity contribution in [2.75, 3.05) is 0 Å². The lowest BCUT2D eigenvalue weighted by Gasteiger charge is -2.20. The van der Waals surface area contributed by atoms with Crippen molar-refractivity contribution < 1.29 is 0 Å². The summed E-state index contributed by atoms with van der Waals surface area (Å²) in [5, 5.41) is 13.1. The fourth-order valence-corrected chi connectivity index (χ4v) is 4.85. The van der Waals surface area contributed by atoms with Gasteiger partial charge in [-0.25, -0.2) is 4.98 Å². The van der Waals surface area contributed by atoms with E-state index in [9.17, 15) is 0 Å². The molecule has 1 heterocycles. The van der Waals surface area contributed by atoms with E-state index in [0.717, 1.165) is 22.3 Å². The third-order valence-corrected chi connectivity index (χ3v) is 6.25. The molecule has 1 saturated carbocycles. The van der Waals surface area contributed by atoms with Crippen LogP contribution >= 0.6 is 23.1 Å². The van der Waals surface area contributed by atoms with Crippen LogP contribution in [0.25, 0.3) is 11.3 Å². The molecule has 1 aromatic carbocycles. The first-order valence-corrected chi connectivity index (χ1v) is 9.34. The minimum atomic E-state index is 0.693. The van der Waals surface area contributed by atoms with Crippen LogP contribution in [0.5, 0.6) is 0 Å². The zero-order valence-corrected chi connectivity index (χ0v) is 13.6. The van der Waals surface area contributed by atoms with Gasteiger partial charge < -0.3 is 0 Å². The second-order valence-electron chi connectivity index (χ2n) is 5.39. The number of nitriles is 1. The van der Waals surface area contributed by atoms with Gasteiger partial charge in [0, 0.05) is 21.9 Å². The molecule has 2 nitrogen and oxygen atoms in total. The van der Waals surface area contributed by atoms with E-state index in [2.05, 4.69) is 23.2 Å². The summed E-state index contributed by atoms with van der Waals surface area (Å²) in [5.41, 5.74) is 2.73. The predicted octanol–water partition coefficient (Wildman–Crippen LogP) is 5.25. The van der Waals surface area contributed by atoms with Gasteiger partial charge in [-0.1, -0.05) is 31.4 Å². The number of benzene rings is 1. The van der Waals surface area contributed by atoms with Gasteiger partial charge in [0.2, 0.25) is 0 Å². The van der Waals surface area contributed by atoms with Crippen molar-refractivity contribution in [1.29, 1.82) is 5.26 Å². The minimum absolute atomic E-state index is 0.693. The lowest BCUT2D eigenvalue weighted by molar-refractivity contribution is 0.516. The summed E-state index contributed by atoms with van der Waals surface area (Å²) >= 11 is 3.79. The summed E-state index contributed by atoms with van der Waals surface area (Å²) in [7, 11) is 0. The molecule has 0 bridgehead atoms. The van der Waals surface area contributed by atoms with Gasteiger partial charge >= 0.3 is 0 Å². The zero-order valence-electron chi connectivity index (χ0n) is 11.9. The van der Waals surface area contributed by atoms with Crippen molar-refractivity contribution in [2.24, 2.45) is 0 Å². The van der Waals surface area contributed by atoms with Crippen LogP contribution in [0.4, 0.5) is 0 Å². The van der Waals surface area contributed by atoms with E-state index in [1.54, 1.807) is 11.3 Å². The first kappa shape index (κ1) is 14.6. The van der Waals surface area contributed by atoms with Crippen LogP contribution in [0, 0.1) is 11.3 Å². The van der Waals surface area contributed by atoms with E-state index < -0.39 is 0 Å². The third kappa shape index (κ3) is 3.87. The predicted molar refractivity (Wildman–Crippen MR) is 90.4 cm³/mol. The average molecular weight is 314 g/mol. The Morgan fingerprint density at radius 1 is 1.29 bits per heavy atom. The van der Waals surface area contributed by atoms with Crippen LogP contribution in [-0.4, -0.2) is 10.2 Å². The summed E-state index contributed by atoms with van der Waals surface area (Å²) < 4.78 is 0. The fraction of sp³-hybridized carbons (Fsp3) is 0.412. The van der Waals surface area contributed by atoms with Gasteiger partial charge in [0.05, 0.1) is 17.3 Å². The van der Waals surface area contributed by atoms with Crippen LogP contribution in [0.3, 0.4) is 0 Å². The van der Waals surface area contributed by atoms with Crippen molar-refractivity contribution >= 4 is 23.1 Å². The van der Waals surface area contributed by atoms with E-state index in [4.69, 9.17) is 10.2 Å². The van der Waals surface area contributed by atoms with Gasteiger partial charge in [-0.15, -0.1) is 11.3 Å². The molecule has 1 aliphatic rings. The molecule has 21 heavy (non-hydrogen) atoms. The van der Waals surface area contributed by atoms with E-state index >= 15 is 0 Å². The molecular formula is C17H18N2S2. The number of hydrogen-bond acceptors (Lipinski definition) is 4. The number of hydrogen-bond donors (Lipinski definition) is 0. The van der Waals surface area contributed by atoms with Gasteiger partial charge in [-0.3, -0.25) is 0 Å². The molecule has 0 radical (unpaired) electrons. The molecule has 0 N–H and O–H groups in total. The molecular weight excluding hydrogens is 296 g/mol. The maximum atomic E-state index is 8.97. The second kappa shape index (κ2) is 7.11. The Bertz CT molecular complexity index is 636. The van der Waals surface area contributed by atoms with E-state index in [-0.39, 0.29) is 0 Å². The molecule has 1 fully saturated rings. The Morgan fingerprint density at radius 3 is 2.95 bits per heavy atom. The maximum Gasteiger partial charge on any atom is 0.103 e. The Balaban J connectivity index is 1.64. The Morgan fingerprint density at radius 2 is 2.14 bits per heavy atom. The zero-order chi connectivity index (χ0) is 14.5. The molecule has 4 heteroatoms. The number of thioether (sulfide) groups is 1. The molecule has 1 aliphatic carbocycles. The Labute approximate surface area is 134 Å². The van der Waals surface area contributed by atoms with Crippen molar-refractivity contribution in [3.63, 3.8) is 0 Å². The van der Waals surface area contributed by atoms with Gasteiger partial charge in [-0.05, 0) is 25.0 Å². The maximum absolute atomic E-state index is 8.97. The molecule has 0 saturated heterocycles. The molecule has 3 rings (SSSR count). The Kier molecular flexibility index (Phi) is 4.95. The van der Waals surface area contributed by atoms with Crippen LogP contribution in [0.1, 0.15) is 42.7 Å². The molecule has 108 valence electrons. The van der Waals surface area contributed by atoms with Gasteiger partial charge in [0.15, 0.2) is 0 Å². The lowest BCUT2D eigenvalue weighted by atomic mass is 10.0. The third-order valence-electron chi connectivity index (χ3n) is 3.83. The summed E-state index contributed by atoms with van der Waals surface area (Å²) in [6.45, 7) is 0. The van der Waals surface area contributed by atoms with Crippen molar-refractivity contribution in [2.45, 2.75) is 43.1 Å². The largest absolute Gasteiger partial charge is 0.240 e. The molecule has 0 amide bonds. The average Bonchev–Trinajstić information content (AvgIpc) is 3.03. The van der Waals surface area contributed by atoms with Crippen LogP contribution in [0.15, 0.2) is 29.6 Å². The second-order valence-corrected chi connectivity index (χ2v) is 7.62.